The highest BCUT2D eigenvalue weighted by atomic mass is 32.2. The summed E-state index contributed by atoms with van der Waals surface area (Å²) in [7, 11) is -3.74. The fourth-order valence-electron chi connectivity index (χ4n) is 4.23. The lowest BCUT2D eigenvalue weighted by Crippen LogP contribution is -2.40. The molecule has 2 heterocycles. The molecule has 0 radical (unpaired) electrons. The molecule has 0 unspecified atom stereocenters. The maximum absolute atomic E-state index is 13.3. The normalized spacial score (nSPS) is 17.2. The molecule has 0 aliphatic carbocycles. The van der Waals surface area contributed by atoms with Crippen LogP contribution in [0.3, 0.4) is 0 Å². The van der Waals surface area contributed by atoms with Crippen LogP contribution in [0.15, 0.2) is 41.3 Å². The van der Waals surface area contributed by atoms with E-state index in [1.54, 1.807) is 30.0 Å². The van der Waals surface area contributed by atoms with E-state index < -0.39 is 15.9 Å². The standard InChI is InChI=1S/C24H29N3O5S/c1-17-8-9-19(33(30,31)27-12-14-32-15-13-27)16-21(17)23(28)25-22-18(2)6-5-7-20(22)24(29)26-10-3-4-11-26/h5-9,16H,3-4,10-15H2,1-2H3,(H,25,28). The van der Waals surface area contributed by atoms with Crippen LogP contribution in [0.5, 0.6) is 0 Å². The number of para-hydroxylation sites is 1. The van der Waals surface area contributed by atoms with Gasteiger partial charge in [-0.1, -0.05) is 18.2 Å². The number of benzene rings is 2. The molecule has 2 amide bonds. The van der Waals surface area contributed by atoms with Crippen molar-refractivity contribution in [2.24, 2.45) is 0 Å². The monoisotopic (exact) mass is 471 g/mol. The Labute approximate surface area is 194 Å². The zero-order valence-corrected chi connectivity index (χ0v) is 19.8. The van der Waals surface area contributed by atoms with Gasteiger partial charge in [0.1, 0.15) is 0 Å². The Bertz CT molecular complexity index is 1170. The first-order chi connectivity index (χ1) is 15.8. The average molecular weight is 472 g/mol. The number of hydrogen-bond donors (Lipinski definition) is 1. The summed E-state index contributed by atoms with van der Waals surface area (Å²) in [4.78, 5) is 28.2. The van der Waals surface area contributed by atoms with Crippen LogP contribution in [-0.2, 0) is 14.8 Å². The van der Waals surface area contributed by atoms with Crippen LogP contribution >= 0.6 is 0 Å². The third-order valence-electron chi connectivity index (χ3n) is 6.20. The van der Waals surface area contributed by atoms with Gasteiger partial charge in [-0.3, -0.25) is 9.59 Å². The second-order valence-electron chi connectivity index (χ2n) is 8.44. The summed E-state index contributed by atoms with van der Waals surface area (Å²) < 4.78 is 32.8. The van der Waals surface area contributed by atoms with Crippen LogP contribution in [0, 0.1) is 13.8 Å². The average Bonchev–Trinajstić information content (AvgIpc) is 3.35. The van der Waals surface area contributed by atoms with E-state index in [2.05, 4.69) is 5.32 Å². The molecule has 2 aliphatic heterocycles. The molecule has 176 valence electrons. The van der Waals surface area contributed by atoms with Gasteiger partial charge in [0.05, 0.1) is 29.4 Å². The zero-order chi connectivity index (χ0) is 23.6. The van der Waals surface area contributed by atoms with Crippen LogP contribution in [0.25, 0.3) is 0 Å². The van der Waals surface area contributed by atoms with Crippen molar-refractivity contribution in [1.29, 1.82) is 0 Å². The van der Waals surface area contributed by atoms with E-state index in [1.165, 1.54) is 16.4 Å². The fraction of sp³-hybridized carbons (Fsp3) is 0.417. The molecule has 2 aromatic rings. The Morgan fingerprint density at radius 2 is 1.61 bits per heavy atom. The van der Waals surface area contributed by atoms with Crippen LogP contribution in [-0.4, -0.2) is 68.8 Å². The van der Waals surface area contributed by atoms with E-state index in [4.69, 9.17) is 4.74 Å². The largest absolute Gasteiger partial charge is 0.379 e. The molecule has 1 N–H and O–H groups in total. The van der Waals surface area contributed by atoms with Crippen molar-refractivity contribution in [1.82, 2.24) is 9.21 Å². The van der Waals surface area contributed by atoms with Gasteiger partial charge in [-0.05, 0) is 56.0 Å². The van der Waals surface area contributed by atoms with Crippen LogP contribution in [0.1, 0.15) is 44.7 Å². The van der Waals surface area contributed by atoms with Gasteiger partial charge < -0.3 is 15.0 Å². The van der Waals surface area contributed by atoms with Gasteiger partial charge in [0.15, 0.2) is 0 Å². The third-order valence-corrected chi connectivity index (χ3v) is 8.09. The SMILES string of the molecule is Cc1ccc(S(=O)(=O)N2CCOCC2)cc1C(=O)Nc1c(C)cccc1C(=O)N1CCCC1. The number of anilines is 1. The number of ether oxygens (including phenoxy) is 1. The van der Waals surface area contributed by atoms with Crippen molar-refractivity contribution >= 4 is 27.5 Å². The van der Waals surface area contributed by atoms with Gasteiger partial charge >= 0.3 is 0 Å². The molecule has 0 saturated carbocycles. The van der Waals surface area contributed by atoms with E-state index in [0.717, 1.165) is 18.4 Å². The highest BCUT2D eigenvalue weighted by molar-refractivity contribution is 7.89. The Balaban J connectivity index is 1.63. The Kier molecular flexibility index (Phi) is 6.83. The molecule has 0 spiro atoms. The van der Waals surface area contributed by atoms with E-state index in [9.17, 15) is 18.0 Å². The highest BCUT2D eigenvalue weighted by Gasteiger charge is 2.28. The van der Waals surface area contributed by atoms with Gasteiger partial charge in [0.25, 0.3) is 11.8 Å². The molecule has 33 heavy (non-hydrogen) atoms. The zero-order valence-electron chi connectivity index (χ0n) is 19.0. The number of aryl methyl sites for hydroxylation is 2. The number of sulfonamides is 1. The summed E-state index contributed by atoms with van der Waals surface area (Å²) in [5.74, 6) is -0.553. The summed E-state index contributed by atoms with van der Waals surface area (Å²) in [6.45, 7) is 6.27. The minimum absolute atomic E-state index is 0.0679. The number of amides is 2. The van der Waals surface area contributed by atoms with E-state index in [-0.39, 0.29) is 29.5 Å². The van der Waals surface area contributed by atoms with E-state index >= 15 is 0 Å². The fourth-order valence-corrected chi connectivity index (χ4v) is 5.66. The number of carbonyl (C=O) groups is 2. The number of carbonyl (C=O) groups excluding carboxylic acids is 2. The van der Waals surface area contributed by atoms with Gasteiger partial charge in [-0.25, -0.2) is 8.42 Å². The molecule has 0 bridgehead atoms. The molecule has 2 fully saturated rings. The van der Waals surface area contributed by atoms with Gasteiger partial charge in [0.2, 0.25) is 10.0 Å². The van der Waals surface area contributed by atoms with Crippen molar-refractivity contribution in [3.63, 3.8) is 0 Å². The molecule has 0 atom stereocenters. The summed E-state index contributed by atoms with van der Waals surface area (Å²) in [5, 5.41) is 2.88. The summed E-state index contributed by atoms with van der Waals surface area (Å²) in [6.07, 6.45) is 1.95. The molecule has 0 aromatic heterocycles. The second kappa shape index (κ2) is 9.62. The predicted molar refractivity (Wildman–Crippen MR) is 125 cm³/mol. The lowest BCUT2D eigenvalue weighted by Gasteiger charge is -2.26. The third kappa shape index (κ3) is 4.80. The molecule has 2 saturated heterocycles. The van der Waals surface area contributed by atoms with Gasteiger partial charge in [-0.15, -0.1) is 0 Å². The van der Waals surface area contributed by atoms with E-state index in [0.29, 0.717) is 43.1 Å². The molecule has 8 nitrogen and oxygen atoms in total. The maximum Gasteiger partial charge on any atom is 0.256 e. The highest BCUT2D eigenvalue weighted by Crippen LogP contribution is 2.26. The molecule has 4 rings (SSSR count). The first-order valence-electron chi connectivity index (χ1n) is 11.2. The van der Waals surface area contributed by atoms with E-state index in [1.807, 2.05) is 13.0 Å². The first-order valence-corrected chi connectivity index (χ1v) is 12.6. The quantitative estimate of drug-likeness (QED) is 0.724. The maximum atomic E-state index is 13.3. The summed E-state index contributed by atoms with van der Waals surface area (Å²) >= 11 is 0. The van der Waals surface area contributed by atoms with Crippen LogP contribution in [0.4, 0.5) is 5.69 Å². The smallest absolute Gasteiger partial charge is 0.256 e. The van der Waals surface area contributed by atoms with Crippen LogP contribution in [0.2, 0.25) is 0 Å². The van der Waals surface area contributed by atoms with Crippen molar-refractivity contribution in [2.75, 3.05) is 44.7 Å². The minimum atomic E-state index is -3.74. The lowest BCUT2D eigenvalue weighted by atomic mass is 10.0. The first kappa shape index (κ1) is 23.4. The number of nitrogens with one attached hydrogen (secondary N) is 1. The molecule has 9 heteroatoms. The van der Waals surface area contributed by atoms with Crippen molar-refractivity contribution in [2.45, 2.75) is 31.6 Å². The van der Waals surface area contributed by atoms with Gasteiger partial charge in [-0.2, -0.15) is 4.31 Å². The number of hydrogen-bond acceptors (Lipinski definition) is 5. The van der Waals surface area contributed by atoms with Crippen molar-refractivity contribution in [3.8, 4) is 0 Å². The number of morpholine rings is 1. The molecule has 2 aromatic carbocycles. The minimum Gasteiger partial charge on any atom is -0.379 e. The Morgan fingerprint density at radius 3 is 2.30 bits per heavy atom. The molecule has 2 aliphatic rings. The number of likely N-dealkylation sites (tertiary alicyclic amines) is 1. The Morgan fingerprint density at radius 1 is 0.909 bits per heavy atom. The molecular formula is C24H29N3O5S. The number of nitrogens with zero attached hydrogens (tertiary/aromatic N) is 2. The summed E-state index contributed by atoms with van der Waals surface area (Å²) in [6, 6.07) is 9.92. The van der Waals surface area contributed by atoms with Crippen molar-refractivity contribution in [3.05, 3.63) is 58.7 Å². The Hall–Kier alpha value is -2.75. The topological polar surface area (TPSA) is 96.0 Å². The van der Waals surface area contributed by atoms with Crippen molar-refractivity contribution < 1.29 is 22.7 Å². The van der Waals surface area contributed by atoms with Gasteiger partial charge in [0, 0.05) is 31.7 Å². The van der Waals surface area contributed by atoms with Crippen LogP contribution < -0.4 is 5.32 Å². The summed E-state index contributed by atoms with van der Waals surface area (Å²) in [5.41, 5.74) is 2.57. The lowest BCUT2D eigenvalue weighted by molar-refractivity contribution is 0.0730. The molecular weight excluding hydrogens is 442 g/mol. The predicted octanol–water partition coefficient (Wildman–Crippen LogP) is 2.81. The number of rotatable bonds is 5. The second-order valence-corrected chi connectivity index (χ2v) is 10.4.